The molecule has 0 fully saturated rings. The maximum absolute atomic E-state index is 11.7. The van der Waals surface area contributed by atoms with E-state index in [4.69, 9.17) is 4.74 Å². The van der Waals surface area contributed by atoms with Gasteiger partial charge in [0.2, 0.25) is 0 Å². The van der Waals surface area contributed by atoms with Gasteiger partial charge in [-0.05, 0) is 30.2 Å². The van der Waals surface area contributed by atoms with Crippen LogP contribution in [0.25, 0.3) is 0 Å². The number of rotatable bonds is 6. The first-order valence-corrected chi connectivity index (χ1v) is 6.73. The van der Waals surface area contributed by atoms with E-state index < -0.39 is 11.5 Å². The lowest BCUT2D eigenvalue weighted by Crippen LogP contribution is -2.46. The summed E-state index contributed by atoms with van der Waals surface area (Å²) >= 11 is 0. The minimum Gasteiger partial charge on any atom is -0.497 e. The standard InChI is InChI=1S/C17H19NO3/c1-17(16(19)20,14-9-6-10-15(11-14)21-2)18-12-13-7-4-3-5-8-13/h3-11,18H,12H2,1-2H3,(H,19,20). The Bertz CT molecular complexity index is 612. The third-order valence-corrected chi connectivity index (χ3v) is 3.56. The SMILES string of the molecule is COc1cccc(C(C)(NCc2ccccc2)C(=O)O)c1. The van der Waals surface area contributed by atoms with Crippen molar-refractivity contribution >= 4 is 5.97 Å². The van der Waals surface area contributed by atoms with E-state index in [1.54, 1.807) is 38.3 Å². The molecule has 2 aromatic rings. The Morgan fingerprint density at radius 3 is 2.52 bits per heavy atom. The Kier molecular flexibility index (Phi) is 4.60. The van der Waals surface area contributed by atoms with Crippen LogP contribution in [-0.2, 0) is 16.9 Å². The Hall–Kier alpha value is -2.33. The average molecular weight is 285 g/mol. The molecule has 0 radical (unpaired) electrons. The van der Waals surface area contributed by atoms with E-state index in [9.17, 15) is 9.90 Å². The van der Waals surface area contributed by atoms with Gasteiger partial charge in [0.25, 0.3) is 0 Å². The fourth-order valence-electron chi connectivity index (χ4n) is 2.11. The molecule has 0 aliphatic carbocycles. The molecule has 0 bridgehead atoms. The summed E-state index contributed by atoms with van der Waals surface area (Å²) in [5, 5.41) is 12.7. The highest BCUT2D eigenvalue weighted by molar-refractivity contribution is 5.80. The quantitative estimate of drug-likeness (QED) is 0.857. The minimum absolute atomic E-state index is 0.473. The molecule has 0 amide bonds. The van der Waals surface area contributed by atoms with E-state index >= 15 is 0 Å². The van der Waals surface area contributed by atoms with E-state index in [1.807, 2.05) is 30.3 Å². The highest BCUT2D eigenvalue weighted by Crippen LogP contribution is 2.25. The van der Waals surface area contributed by atoms with Crippen LogP contribution in [-0.4, -0.2) is 18.2 Å². The second-order valence-electron chi connectivity index (χ2n) is 5.00. The van der Waals surface area contributed by atoms with Crippen molar-refractivity contribution in [3.8, 4) is 5.75 Å². The highest BCUT2D eigenvalue weighted by Gasteiger charge is 2.34. The molecule has 0 spiro atoms. The van der Waals surface area contributed by atoms with Gasteiger partial charge >= 0.3 is 5.97 Å². The smallest absolute Gasteiger partial charge is 0.328 e. The van der Waals surface area contributed by atoms with Crippen molar-refractivity contribution in [3.63, 3.8) is 0 Å². The first-order valence-electron chi connectivity index (χ1n) is 6.73. The van der Waals surface area contributed by atoms with Crippen LogP contribution < -0.4 is 10.1 Å². The normalized spacial score (nSPS) is 13.4. The van der Waals surface area contributed by atoms with Crippen LogP contribution in [0, 0.1) is 0 Å². The van der Waals surface area contributed by atoms with Crippen LogP contribution in [0.2, 0.25) is 0 Å². The molecule has 1 unspecified atom stereocenters. The van der Waals surface area contributed by atoms with Crippen molar-refractivity contribution in [1.82, 2.24) is 5.32 Å². The summed E-state index contributed by atoms with van der Waals surface area (Å²) < 4.78 is 5.17. The Labute approximate surface area is 124 Å². The number of carboxylic acids is 1. The zero-order chi connectivity index (χ0) is 15.3. The van der Waals surface area contributed by atoms with Gasteiger partial charge in [-0.1, -0.05) is 42.5 Å². The Balaban J connectivity index is 2.25. The van der Waals surface area contributed by atoms with Gasteiger partial charge in [-0.2, -0.15) is 0 Å². The van der Waals surface area contributed by atoms with Gasteiger partial charge in [0.1, 0.15) is 11.3 Å². The van der Waals surface area contributed by atoms with Gasteiger partial charge in [-0.15, -0.1) is 0 Å². The average Bonchev–Trinajstić information content (AvgIpc) is 2.53. The molecular weight excluding hydrogens is 266 g/mol. The van der Waals surface area contributed by atoms with Gasteiger partial charge in [0.15, 0.2) is 0 Å². The van der Waals surface area contributed by atoms with Gasteiger partial charge in [0.05, 0.1) is 7.11 Å². The summed E-state index contributed by atoms with van der Waals surface area (Å²) in [6, 6.07) is 16.8. The molecule has 0 saturated heterocycles. The summed E-state index contributed by atoms with van der Waals surface area (Å²) in [5.74, 6) is -0.284. The predicted molar refractivity (Wildman–Crippen MR) is 81.3 cm³/mol. The first-order chi connectivity index (χ1) is 10.1. The van der Waals surface area contributed by atoms with Gasteiger partial charge in [-0.25, -0.2) is 4.79 Å². The maximum atomic E-state index is 11.7. The van der Waals surface area contributed by atoms with Gasteiger partial charge < -0.3 is 9.84 Å². The number of aliphatic carboxylic acids is 1. The van der Waals surface area contributed by atoms with E-state index in [0.717, 1.165) is 5.56 Å². The molecule has 0 aromatic heterocycles. The number of ether oxygens (including phenoxy) is 1. The van der Waals surface area contributed by atoms with E-state index in [-0.39, 0.29) is 0 Å². The summed E-state index contributed by atoms with van der Waals surface area (Å²) in [5.41, 5.74) is 0.517. The first kappa shape index (κ1) is 15.1. The molecule has 2 N–H and O–H groups in total. The van der Waals surface area contributed by atoms with Crippen LogP contribution >= 0.6 is 0 Å². The third kappa shape index (κ3) is 3.41. The van der Waals surface area contributed by atoms with E-state index in [2.05, 4.69) is 5.32 Å². The summed E-state index contributed by atoms with van der Waals surface area (Å²) in [6.45, 7) is 2.13. The zero-order valence-electron chi connectivity index (χ0n) is 12.2. The number of carbonyl (C=O) groups is 1. The molecular formula is C17H19NO3. The molecule has 4 nitrogen and oxygen atoms in total. The summed E-state index contributed by atoms with van der Waals surface area (Å²) in [6.07, 6.45) is 0. The lowest BCUT2D eigenvalue weighted by molar-refractivity contribution is -0.144. The van der Waals surface area contributed by atoms with Crippen LogP contribution in [0.5, 0.6) is 5.75 Å². The number of methoxy groups -OCH3 is 1. The largest absolute Gasteiger partial charge is 0.497 e. The molecule has 4 heteroatoms. The Morgan fingerprint density at radius 1 is 1.19 bits per heavy atom. The van der Waals surface area contributed by atoms with E-state index in [0.29, 0.717) is 17.9 Å². The maximum Gasteiger partial charge on any atom is 0.328 e. The fourth-order valence-corrected chi connectivity index (χ4v) is 2.11. The summed E-state index contributed by atoms with van der Waals surface area (Å²) in [7, 11) is 1.56. The number of benzene rings is 2. The van der Waals surface area contributed by atoms with Crippen molar-refractivity contribution < 1.29 is 14.6 Å². The molecule has 2 aromatic carbocycles. The van der Waals surface area contributed by atoms with Crippen LogP contribution in [0.15, 0.2) is 54.6 Å². The number of hydrogen-bond acceptors (Lipinski definition) is 3. The van der Waals surface area contributed by atoms with Crippen molar-refractivity contribution in [3.05, 3.63) is 65.7 Å². The third-order valence-electron chi connectivity index (χ3n) is 3.56. The molecule has 21 heavy (non-hydrogen) atoms. The lowest BCUT2D eigenvalue weighted by Gasteiger charge is -2.27. The molecule has 0 aliphatic heterocycles. The molecule has 110 valence electrons. The van der Waals surface area contributed by atoms with Crippen molar-refractivity contribution in [2.45, 2.75) is 19.0 Å². The topological polar surface area (TPSA) is 58.6 Å². The second-order valence-corrected chi connectivity index (χ2v) is 5.00. The van der Waals surface area contributed by atoms with Crippen molar-refractivity contribution in [1.29, 1.82) is 0 Å². The van der Waals surface area contributed by atoms with Crippen LogP contribution in [0.1, 0.15) is 18.1 Å². The lowest BCUT2D eigenvalue weighted by atomic mass is 9.91. The fraction of sp³-hybridized carbons (Fsp3) is 0.235. The highest BCUT2D eigenvalue weighted by atomic mass is 16.5. The number of hydrogen-bond donors (Lipinski definition) is 2. The molecule has 0 aliphatic rings. The molecule has 2 rings (SSSR count). The zero-order valence-corrected chi connectivity index (χ0v) is 12.2. The second kappa shape index (κ2) is 6.41. The van der Waals surface area contributed by atoms with Gasteiger partial charge in [-0.3, -0.25) is 5.32 Å². The summed E-state index contributed by atoms with van der Waals surface area (Å²) in [4.78, 5) is 11.7. The number of nitrogens with one attached hydrogen (secondary N) is 1. The van der Waals surface area contributed by atoms with Crippen LogP contribution in [0.4, 0.5) is 0 Å². The minimum atomic E-state index is -1.18. The Morgan fingerprint density at radius 2 is 1.90 bits per heavy atom. The number of carboxylic acid groups (broad SMARTS) is 1. The monoisotopic (exact) mass is 285 g/mol. The van der Waals surface area contributed by atoms with Gasteiger partial charge in [0, 0.05) is 6.54 Å². The van der Waals surface area contributed by atoms with Crippen molar-refractivity contribution in [2.75, 3.05) is 7.11 Å². The van der Waals surface area contributed by atoms with Crippen LogP contribution in [0.3, 0.4) is 0 Å². The molecule has 0 heterocycles. The van der Waals surface area contributed by atoms with Crippen molar-refractivity contribution in [2.24, 2.45) is 0 Å². The predicted octanol–water partition coefficient (Wildman–Crippen LogP) is 2.78. The molecule has 1 atom stereocenters. The molecule has 0 saturated carbocycles. The van der Waals surface area contributed by atoms with E-state index in [1.165, 1.54) is 0 Å².